The van der Waals surface area contributed by atoms with Gasteiger partial charge in [0.1, 0.15) is 0 Å². The van der Waals surface area contributed by atoms with E-state index in [1.165, 1.54) is 32.3 Å². The summed E-state index contributed by atoms with van der Waals surface area (Å²) < 4.78 is 9.68. The van der Waals surface area contributed by atoms with Gasteiger partial charge >= 0.3 is 0 Å². The largest absolute Gasteiger partial charge is 0.309 e. The minimum atomic E-state index is 0.565. The first kappa shape index (κ1) is 45.8. The molecule has 0 aliphatic rings. The molecule has 0 fully saturated rings. The van der Waals surface area contributed by atoms with E-state index >= 15 is 0 Å². The molecule has 0 saturated heterocycles. The van der Waals surface area contributed by atoms with Crippen molar-refractivity contribution in [3.05, 3.63) is 285 Å². The summed E-state index contributed by atoms with van der Waals surface area (Å²) in [6.07, 6.45) is 0. The van der Waals surface area contributed by atoms with Crippen LogP contribution in [0.25, 0.3) is 155 Å². The second kappa shape index (κ2) is 18.2. The Labute approximate surface area is 471 Å². The molecule has 17 aromatic rings. The molecule has 17 rings (SSSR count). The summed E-state index contributed by atoms with van der Waals surface area (Å²) in [5.41, 5.74) is 18.0. The van der Waals surface area contributed by atoms with E-state index in [9.17, 15) is 0 Å². The molecule has 0 bridgehead atoms. The molecule has 7 heteroatoms. The van der Waals surface area contributed by atoms with Crippen molar-refractivity contribution in [3.8, 4) is 68.0 Å². The van der Waals surface area contributed by atoms with Gasteiger partial charge < -0.3 is 18.3 Å². The van der Waals surface area contributed by atoms with Gasteiger partial charge in [-0.25, -0.2) is 15.0 Å². The highest BCUT2D eigenvalue weighted by atomic mass is 15.1. The van der Waals surface area contributed by atoms with Gasteiger partial charge in [0, 0.05) is 76.8 Å². The van der Waals surface area contributed by atoms with Crippen LogP contribution in [-0.4, -0.2) is 33.2 Å². The first-order chi connectivity index (χ1) is 40.7. The van der Waals surface area contributed by atoms with E-state index in [4.69, 9.17) is 15.0 Å². The van der Waals surface area contributed by atoms with Gasteiger partial charge in [-0.3, -0.25) is 0 Å². The number of benzene rings is 12. The normalized spacial score (nSPS) is 11.9. The van der Waals surface area contributed by atoms with E-state index in [2.05, 4.69) is 267 Å². The predicted molar refractivity (Wildman–Crippen MR) is 339 cm³/mol. The number of rotatable bonds is 8. The van der Waals surface area contributed by atoms with Crippen LogP contribution in [-0.2, 0) is 0 Å². The fourth-order valence-electron chi connectivity index (χ4n) is 13.1. The molecule has 0 aliphatic carbocycles. The van der Waals surface area contributed by atoms with Gasteiger partial charge in [0.2, 0.25) is 0 Å². The Morgan fingerprint density at radius 1 is 0.207 bits per heavy atom. The first-order valence-electron chi connectivity index (χ1n) is 27.9. The Morgan fingerprint density at radius 3 is 1.10 bits per heavy atom. The number of para-hydroxylation sites is 6. The van der Waals surface area contributed by atoms with Crippen LogP contribution in [0.5, 0.6) is 0 Å². The Bertz CT molecular complexity index is 5060. The topological polar surface area (TPSA) is 58.4 Å². The number of hydrogen-bond donors (Lipinski definition) is 0. The standard InChI is InChI=1S/C75H47N7/c1-4-21-48(22-5-1)73-76-74(49-23-6-2-7-24-49)78-75(77-73)62-45-50(54-32-20-38-69-72(54)61-31-14-19-37-67(61)79(69)51-25-8-3-9-26-51)39-44-68(62)82-70-46-52(80-63-33-15-10-27-55(63)56-28-11-16-34-64(56)80)40-42-59(70)60-43-41-53(47-71(60)82)81-65-35-17-12-29-57(65)58-30-13-18-36-66(58)81/h1-47H. The van der Waals surface area contributed by atoms with Gasteiger partial charge in [0.15, 0.2) is 17.5 Å². The third-order valence-electron chi connectivity index (χ3n) is 16.6. The molecule has 382 valence electrons. The third kappa shape index (κ3) is 7.00. The molecule has 0 saturated carbocycles. The van der Waals surface area contributed by atoms with Crippen LogP contribution in [0.1, 0.15) is 0 Å². The summed E-state index contributed by atoms with van der Waals surface area (Å²) in [5, 5.41) is 9.48. The molecule has 0 spiro atoms. The van der Waals surface area contributed by atoms with Crippen molar-refractivity contribution in [2.24, 2.45) is 0 Å². The second-order valence-corrected chi connectivity index (χ2v) is 21.1. The molecule has 7 nitrogen and oxygen atoms in total. The molecule has 82 heavy (non-hydrogen) atoms. The van der Waals surface area contributed by atoms with Crippen LogP contribution in [0.4, 0.5) is 0 Å². The maximum absolute atomic E-state index is 5.53. The summed E-state index contributed by atoms with van der Waals surface area (Å²) in [6, 6.07) is 102. The van der Waals surface area contributed by atoms with Crippen molar-refractivity contribution < 1.29 is 0 Å². The Kier molecular flexibility index (Phi) is 10.2. The zero-order chi connectivity index (χ0) is 53.8. The molecule has 0 atom stereocenters. The summed E-state index contributed by atoms with van der Waals surface area (Å²) in [6.45, 7) is 0. The summed E-state index contributed by atoms with van der Waals surface area (Å²) in [7, 11) is 0. The van der Waals surface area contributed by atoms with Crippen LogP contribution in [0, 0.1) is 0 Å². The Balaban J connectivity index is 1.00. The molecule has 0 amide bonds. The highest BCUT2D eigenvalue weighted by molar-refractivity contribution is 6.17. The van der Waals surface area contributed by atoms with Crippen LogP contribution in [0.2, 0.25) is 0 Å². The Morgan fingerprint density at radius 2 is 0.598 bits per heavy atom. The summed E-state index contributed by atoms with van der Waals surface area (Å²) in [5.74, 6) is 1.76. The molecule has 0 aliphatic heterocycles. The highest BCUT2D eigenvalue weighted by Crippen LogP contribution is 2.44. The molecular weight excluding hydrogens is 999 g/mol. The van der Waals surface area contributed by atoms with Crippen LogP contribution >= 0.6 is 0 Å². The molecule has 5 heterocycles. The maximum Gasteiger partial charge on any atom is 0.166 e. The average molecular weight is 1050 g/mol. The van der Waals surface area contributed by atoms with E-state index in [0.717, 1.165) is 105 Å². The van der Waals surface area contributed by atoms with E-state index < -0.39 is 0 Å². The summed E-state index contributed by atoms with van der Waals surface area (Å²) in [4.78, 5) is 16.3. The van der Waals surface area contributed by atoms with Gasteiger partial charge in [-0.1, -0.05) is 200 Å². The molecule has 12 aromatic carbocycles. The number of aromatic nitrogens is 7. The van der Waals surface area contributed by atoms with Crippen molar-refractivity contribution in [2.75, 3.05) is 0 Å². The van der Waals surface area contributed by atoms with Crippen LogP contribution in [0.15, 0.2) is 285 Å². The molecule has 0 N–H and O–H groups in total. The lowest BCUT2D eigenvalue weighted by atomic mass is 9.96. The van der Waals surface area contributed by atoms with Gasteiger partial charge in [0.05, 0.1) is 49.8 Å². The Hall–Kier alpha value is -11.2. The SMILES string of the molecule is c1ccc(-c2nc(-c3ccccc3)nc(-c3cc(-c4cccc5c4c4ccccc4n5-c4ccccc4)ccc3-n3c4cc(-n5c6ccccc6c6ccccc65)ccc4c4ccc(-n5c6ccccc6c6ccccc65)cc43)n2)cc1. The third-order valence-corrected chi connectivity index (χ3v) is 16.6. The quantitative estimate of drug-likeness (QED) is 0.152. The second-order valence-electron chi connectivity index (χ2n) is 21.1. The van der Waals surface area contributed by atoms with E-state index in [-0.39, 0.29) is 0 Å². The minimum absolute atomic E-state index is 0.565. The average Bonchev–Trinajstić information content (AvgIpc) is 3.23. The van der Waals surface area contributed by atoms with Gasteiger partial charge in [-0.2, -0.15) is 0 Å². The zero-order valence-electron chi connectivity index (χ0n) is 44.3. The predicted octanol–water partition coefficient (Wildman–Crippen LogP) is 18.9. The lowest BCUT2D eigenvalue weighted by molar-refractivity contribution is 1.06. The van der Waals surface area contributed by atoms with E-state index in [1.54, 1.807) is 0 Å². The van der Waals surface area contributed by atoms with Crippen molar-refractivity contribution >= 4 is 87.2 Å². The molecule has 0 unspecified atom stereocenters. The smallest absolute Gasteiger partial charge is 0.166 e. The van der Waals surface area contributed by atoms with E-state index in [0.29, 0.717) is 17.5 Å². The monoisotopic (exact) mass is 1050 g/mol. The van der Waals surface area contributed by atoms with Gasteiger partial charge in [-0.05, 0) is 96.1 Å². The molecule has 0 radical (unpaired) electrons. The van der Waals surface area contributed by atoms with Crippen LogP contribution < -0.4 is 0 Å². The lowest BCUT2D eigenvalue weighted by Gasteiger charge is -2.18. The van der Waals surface area contributed by atoms with Gasteiger partial charge in [-0.15, -0.1) is 0 Å². The van der Waals surface area contributed by atoms with Gasteiger partial charge in [0.25, 0.3) is 0 Å². The first-order valence-corrected chi connectivity index (χ1v) is 27.9. The van der Waals surface area contributed by atoms with Crippen LogP contribution in [0.3, 0.4) is 0 Å². The molecule has 5 aromatic heterocycles. The van der Waals surface area contributed by atoms with Crippen molar-refractivity contribution in [3.63, 3.8) is 0 Å². The van der Waals surface area contributed by atoms with E-state index in [1.807, 2.05) is 36.4 Å². The minimum Gasteiger partial charge on any atom is -0.309 e. The zero-order valence-corrected chi connectivity index (χ0v) is 44.3. The molecular formula is C75H47N7. The number of fused-ring (bicyclic) bond motifs is 12. The van der Waals surface area contributed by atoms with Crippen molar-refractivity contribution in [1.29, 1.82) is 0 Å². The fourth-order valence-corrected chi connectivity index (χ4v) is 13.1. The summed E-state index contributed by atoms with van der Waals surface area (Å²) >= 11 is 0. The fraction of sp³-hybridized carbons (Fsp3) is 0. The number of hydrogen-bond acceptors (Lipinski definition) is 3. The number of nitrogens with zero attached hydrogens (tertiary/aromatic N) is 7. The highest BCUT2D eigenvalue weighted by Gasteiger charge is 2.25. The van der Waals surface area contributed by atoms with Crippen molar-refractivity contribution in [2.45, 2.75) is 0 Å². The van der Waals surface area contributed by atoms with Crippen molar-refractivity contribution in [1.82, 2.24) is 33.2 Å². The maximum atomic E-state index is 5.53. The lowest BCUT2D eigenvalue weighted by Crippen LogP contribution is -2.04.